The van der Waals surface area contributed by atoms with E-state index in [1.165, 1.54) is 13.2 Å². The van der Waals surface area contributed by atoms with Gasteiger partial charge in [-0.15, -0.1) is 0 Å². The van der Waals surface area contributed by atoms with E-state index in [0.717, 1.165) is 25.7 Å². The smallest absolute Gasteiger partial charge is 0.244 e. The summed E-state index contributed by atoms with van der Waals surface area (Å²) < 4.78 is 45.0. The van der Waals surface area contributed by atoms with E-state index in [0.29, 0.717) is 28.5 Å². The van der Waals surface area contributed by atoms with E-state index in [-0.39, 0.29) is 17.5 Å². The Morgan fingerprint density at radius 3 is 2.46 bits per heavy atom. The van der Waals surface area contributed by atoms with Crippen LogP contribution in [0.5, 0.6) is 17.2 Å². The highest BCUT2D eigenvalue weighted by Crippen LogP contribution is 2.31. The first-order valence-electron chi connectivity index (χ1n) is 9.19. The molecule has 1 saturated carbocycles. The third-order valence-corrected chi connectivity index (χ3v) is 6.22. The highest BCUT2D eigenvalue weighted by molar-refractivity contribution is 7.89. The lowest BCUT2D eigenvalue weighted by Gasteiger charge is -2.18. The summed E-state index contributed by atoms with van der Waals surface area (Å²) in [4.78, 5) is 0.0480. The van der Waals surface area contributed by atoms with E-state index >= 15 is 0 Å². The van der Waals surface area contributed by atoms with Crippen molar-refractivity contribution in [3.8, 4) is 17.2 Å². The van der Waals surface area contributed by atoms with Gasteiger partial charge >= 0.3 is 0 Å². The van der Waals surface area contributed by atoms with Crippen molar-refractivity contribution in [2.24, 2.45) is 0 Å². The third kappa shape index (κ3) is 4.69. The fraction of sp³-hybridized carbons (Fsp3) is 0.400. The summed E-state index contributed by atoms with van der Waals surface area (Å²) in [6.07, 6.45) is 4.09. The Kier molecular flexibility index (Phi) is 6.31. The highest BCUT2D eigenvalue weighted by atomic mass is 32.2. The molecule has 0 aliphatic heterocycles. The van der Waals surface area contributed by atoms with Crippen LogP contribution in [0.15, 0.2) is 41.3 Å². The number of nitrogens with two attached hydrogens (primary N) is 1. The van der Waals surface area contributed by atoms with Gasteiger partial charge in [0, 0.05) is 23.9 Å². The minimum absolute atomic E-state index is 0.0410. The van der Waals surface area contributed by atoms with Crippen molar-refractivity contribution in [3.05, 3.63) is 42.0 Å². The minimum atomic E-state index is -3.84. The largest absolute Gasteiger partial charge is 0.497 e. The number of ether oxygens (including phenoxy) is 3. The van der Waals surface area contributed by atoms with Crippen molar-refractivity contribution in [1.82, 2.24) is 4.72 Å². The van der Waals surface area contributed by atoms with E-state index in [4.69, 9.17) is 19.9 Å². The molecule has 0 aromatic heterocycles. The molecule has 1 fully saturated rings. The zero-order valence-electron chi connectivity index (χ0n) is 16.1. The maximum absolute atomic E-state index is 13.0. The van der Waals surface area contributed by atoms with Crippen molar-refractivity contribution in [1.29, 1.82) is 0 Å². The Labute approximate surface area is 165 Å². The van der Waals surface area contributed by atoms with Crippen LogP contribution in [0.25, 0.3) is 0 Å². The molecule has 0 radical (unpaired) electrons. The summed E-state index contributed by atoms with van der Waals surface area (Å²) in [7, 11) is -0.751. The van der Waals surface area contributed by atoms with Gasteiger partial charge in [0.1, 0.15) is 22.1 Å². The van der Waals surface area contributed by atoms with E-state index in [1.54, 1.807) is 37.4 Å². The number of nitrogens with one attached hydrogen (secondary N) is 1. The second kappa shape index (κ2) is 8.70. The lowest BCUT2D eigenvalue weighted by atomic mass is 10.2. The number of hydrogen-bond donors (Lipinski definition) is 2. The number of anilines is 1. The first-order chi connectivity index (χ1) is 13.4. The number of sulfonamides is 1. The van der Waals surface area contributed by atoms with Crippen molar-refractivity contribution in [2.45, 2.75) is 43.2 Å². The van der Waals surface area contributed by atoms with Crippen molar-refractivity contribution in [2.75, 3.05) is 20.0 Å². The van der Waals surface area contributed by atoms with Crippen LogP contribution in [-0.2, 0) is 16.6 Å². The first-order valence-corrected chi connectivity index (χ1v) is 10.7. The average molecular weight is 407 g/mol. The Hall–Kier alpha value is -2.45. The second-order valence-corrected chi connectivity index (χ2v) is 8.47. The van der Waals surface area contributed by atoms with Crippen LogP contribution >= 0.6 is 0 Å². The standard InChI is InChI=1S/C20H26N2O5S/c1-25-17-9-7-14(19(12-17)26-2)13-22-28(23,24)20-11-15(21)8-10-18(20)27-16-5-3-4-6-16/h7-12,16,22H,3-6,13,21H2,1-2H3. The molecular formula is C20H26N2O5S. The number of nitrogen functional groups attached to an aromatic ring is 1. The van der Waals surface area contributed by atoms with Crippen molar-refractivity contribution >= 4 is 15.7 Å². The van der Waals surface area contributed by atoms with Gasteiger partial charge in [-0.3, -0.25) is 0 Å². The quantitative estimate of drug-likeness (QED) is 0.654. The van der Waals surface area contributed by atoms with Gasteiger partial charge in [0.2, 0.25) is 10.0 Å². The minimum Gasteiger partial charge on any atom is -0.497 e. The zero-order chi connectivity index (χ0) is 20.1. The molecule has 0 saturated heterocycles. The number of benzene rings is 2. The van der Waals surface area contributed by atoms with E-state index in [2.05, 4.69) is 4.72 Å². The summed E-state index contributed by atoms with van der Waals surface area (Å²) >= 11 is 0. The third-order valence-electron chi connectivity index (χ3n) is 4.80. The van der Waals surface area contributed by atoms with Crippen LogP contribution in [0, 0.1) is 0 Å². The fourth-order valence-electron chi connectivity index (χ4n) is 3.27. The molecule has 1 aliphatic carbocycles. The molecule has 0 bridgehead atoms. The van der Waals surface area contributed by atoms with Crippen LogP contribution in [0.4, 0.5) is 5.69 Å². The van der Waals surface area contributed by atoms with Gasteiger partial charge in [-0.25, -0.2) is 13.1 Å². The van der Waals surface area contributed by atoms with Crippen LogP contribution in [0.1, 0.15) is 31.2 Å². The molecule has 3 N–H and O–H groups in total. The number of hydrogen-bond acceptors (Lipinski definition) is 6. The van der Waals surface area contributed by atoms with Gasteiger partial charge in [0.25, 0.3) is 0 Å². The molecule has 0 atom stereocenters. The molecule has 0 amide bonds. The molecule has 3 rings (SSSR count). The first kappa shape index (κ1) is 20.3. The van der Waals surface area contributed by atoms with Crippen LogP contribution in [0.2, 0.25) is 0 Å². The molecule has 152 valence electrons. The van der Waals surface area contributed by atoms with E-state index < -0.39 is 10.0 Å². The second-order valence-electron chi connectivity index (χ2n) is 6.73. The van der Waals surface area contributed by atoms with Crippen molar-refractivity contribution < 1.29 is 22.6 Å². The van der Waals surface area contributed by atoms with Gasteiger partial charge in [0.05, 0.1) is 20.3 Å². The summed E-state index contributed by atoms with van der Waals surface area (Å²) in [6, 6.07) is 9.92. The van der Waals surface area contributed by atoms with Gasteiger partial charge in [0.15, 0.2) is 0 Å². The predicted octanol–water partition coefficient (Wildman–Crippen LogP) is 3.09. The van der Waals surface area contributed by atoms with Crippen LogP contribution < -0.4 is 24.7 Å². The zero-order valence-corrected chi connectivity index (χ0v) is 16.9. The van der Waals surface area contributed by atoms with Gasteiger partial charge in [-0.1, -0.05) is 6.07 Å². The molecule has 0 unspecified atom stereocenters. The molecule has 0 spiro atoms. The monoisotopic (exact) mass is 406 g/mol. The van der Waals surface area contributed by atoms with E-state index in [1.807, 2.05) is 0 Å². The maximum Gasteiger partial charge on any atom is 0.244 e. The van der Waals surface area contributed by atoms with Crippen LogP contribution in [-0.4, -0.2) is 28.7 Å². The molecule has 0 heterocycles. The molecule has 2 aromatic carbocycles. The van der Waals surface area contributed by atoms with Gasteiger partial charge < -0.3 is 19.9 Å². The summed E-state index contributed by atoms with van der Waals surface area (Å²) in [5.74, 6) is 1.50. The maximum atomic E-state index is 13.0. The molecular weight excluding hydrogens is 380 g/mol. The predicted molar refractivity (Wildman–Crippen MR) is 107 cm³/mol. The van der Waals surface area contributed by atoms with E-state index in [9.17, 15) is 8.42 Å². The Bertz CT molecular complexity index is 924. The lowest BCUT2D eigenvalue weighted by Crippen LogP contribution is -2.25. The van der Waals surface area contributed by atoms with Crippen molar-refractivity contribution in [3.63, 3.8) is 0 Å². The topological polar surface area (TPSA) is 99.9 Å². The molecule has 28 heavy (non-hydrogen) atoms. The molecule has 8 heteroatoms. The summed E-state index contributed by atoms with van der Waals surface area (Å²) in [5, 5.41) is 0. The lowest BCUT2D eigenvalue weighted by molar-refractivity contribution is 0.204. The SMILES string of the molecule is COc1ccc(CNS(=O)(=O)c2cc(N)ccc2OC2CCCC2)c(OC)c1. The van der Waals surface area contributed by atoms with Gasteiger partial charge in [-0.2, -0.15) is 0 Å². The summed E-state index contributed by atoms with van der Waals surface area (Å²) in [5.41, 5.74) is 6.89. The Balaban J connectivity index is 1.82. The molecule has 2 aromatic rings. The van der Waals surface area contributed by atoms with Gasteiger partial charge in [-0.05, 0) is 49.9 Å². The molecule has 1 aliphatic rings. The average Bonchev–Trinajstić information content (AvgIpc) is 3.20. The number of rotatable bonds is 8. The Morgan fingerprint density at radius 1 is 1.04 bits per heavy atom. The fourth-order valence-corrected chi connectivity index (χ4v) is 4.44. The molecule has 7 nitrogen and oxygen atoms in total. The number of methoxy groups -OCH3 is 2. The van der Waals surface area contributed by atoms with Crippen LogP contribution in [0.3, 0.4) is 0 Å². The highest BCUT2D eigenvalue weighted by Gasteiger charge is 2.24. The Morgan fingerprint density at radius 2 is 1.79 bits per heavy atom. The normalized spacial score (nSPS) is 14.8. The summed E-state index contributed by atoms with van der Waals surface area (Å²) in [6.45, 7) is 0.0627.